The molecule has 0 unspecified atom stereocenters. The number of nitrogens with two attached hydrogens (primary N) is 1. The molecule has 2 N–H and O–H groups in total. The largest absolute Gasteiger partial charge is 0.454 e. The highest BCUT2D eigenvalue weighted by Gasteiger charge is 2.40. The molecular formula is C18H20N4O2. The molecule has 4 rings (SSSR count). The molecule has 1 aliphatic heterocycles. The molecule has 1 aromatic carbocycles. The van der Waals surface area contributed by atoms with E-state index in [1.807, 2.05) is 12.1 Å². The van der Waals surface area contributed by atoms with E-state index >= 15 is 0 Å². The van der Waals surface area contributed by atoms with E-state index in [1.165, 1.54) is 18.4 Å². The Morgan fingerprint density at radius 3 is 2.79 bits per heavy atom. The van der Waals surface area contributed by atoms with Gasteiger partial charge in [-0.2, -0.15) is 10.4 Å². The molecule has 6 nitrogen and oxygen atoms in total. The molecule has 0 amide bonds. The van der Waals surface area contributed by atoms with Crippen molar-refractivity contribution in [3.05, 3.63) is 35.5 Å². The molecular weight excluding hydrogens is 304 g/mol. The van der Waals surface area contributed by atoms with Gasteiger partial charge in [-0.15, -0.1) is 0 Å². The van der Waals surface area contributed by atoms with Crippen molar-refractivity contribution in [3.63, 3.8) is 0 Å². The van der Waals surface area contributed by atoms with Crippen LogP contribution in [0.2, 0.25) is 0 Å². The van der Waals surface area contributed by atoms with E-state index in [-0.39, 0.29) is 12.2 Å². The van der Waals surface area contributed by atoms with Gasteiger partial charge in [0.2, 0.25) is 6.79 Å². The third-order valence-electron chi connectivity index (χ3n) is 5.12. The number of anilines is 1. The van der Waals surface area contributed by atoms with Crippen molar-refractivity contribution in [2.75, 3.05) is 12.5 Å². The van der Waals surface area contributed by atoms with E-state index in [1.54, 1.807) is 4.68 Å². The third kappa shape index (κ3) is 2.28. The fourth-order valence-corrected chi connectivity index (χ4v) is 3.87. The van der Waals surface area contributed by atoms with Crippen LogP contribution in [-0.4, -0.2) is 16.6 Å². The lowest BCUT2D eigenvalue weighted by molar-refractivity contribution is 0.174. The standard InChI is InChI=1S/C18H20N4O2/c19-8-3-9-22-17(20)11-16(21-22)18(6-1-2-7-18)13-4-5-14-15(10-13)24-12-23-14/h4-5,10-11H,1-3,6-7,9,12,20H2. The van der Waals surface area contributed by atoms with Gasteiger partial charge in [0.05, 0.1) is 24.7 Å². The first-order chi connectivity index (χ1) is 11.7. The van der Waals surface area contributed by atoms with Gasteiger partial charge in [-0.1, -0.05) is 18.9 Å². The Hall–Kier alpha value is -2.68. The van der Waals surface area contributed by atoms with E-state index in [4.69, 9.17) is 25.6 Å². The topological polar surface area (TPSA) is 86.1 Å². The molecule has 1 fully saturated rings. The lowest BCUT2D eigenvalue weighted by Gasteiger charge is -2.28. The summed E-state index contributed by atoms with van der Waals surface area (Å²) in [6.45, 7) is 0.807. The van der Waals surface area contributed by atoms with Crippen LogP contribution in [0.25, 0.3) is 0 Å². The number of aryl methyl sites for hydroxylation is 1. The summed E-state index contributed by atoms with van der Waals surface area (Å²) >= 11 is 0. The summed E-state index contributed by atoms with van der Waals surface area (Å²) in [5.74, 6) is 2.22. The predicted octanol–water partition coefficient (Wildman–Crippen LogP) is 2.97. The molecule has 0 atom stereocenters. The molecule has 0 spiro atoms. The molecule has 0 saturated heterocycles. The smallest absolute Gasteiger partial charge is 0.231 e. The van der Waals surface area contributed by atoms with Gasteiger partial charge in [-0.05, 0) is 30.5 Å². The number of fused-ring (bicyclic) bond motifs is 1. The van der Waals surface area contributed by atoms with Gasteiger partial charge in [0.15, 0.2) is 11.5 Å². The van der Waals surface area contributed by atoms with Gasteiger partial charge in [0, 0.05) is 11.5 Å². The molecule has 1 aromatic heterocycles. The summed E-state index contributed by atoms with van der Waals surface area (Å²) < 4.78 is 12.7. The molecule has 2 aliphatic rings. The molecule has 6 heteroatoms. The average Bonchev–Trinajstić information content (AvgIpc) is 3.32. The minimum atomic E-state index is -0.132. The van der Waals surface area contributed by atoms with Crippen molar-refractivity contribution in [1.82, 2.24) is 9.78 Å². The van der Waals surface area contributed by atoms with E-state index in [0.717, 1.165) is 30.0 Å². The zero-order chi connectivity index (χ0) is 16.6. The lowest BCUT2D eigenvalue weighted by Crippen LogP contribution is -2.24. The van der Waals surface area contributed by atoms with Crippen LogP contribution in [0.5, 0.6) is 11.5 Å². The fourth-order valence-electron chi connectivity index (χ4n) is 3.87. The summed E-state index contributed by atoms with van der Waals surface area (Å²) in [5, 5.41) is 13.5. The number of nitriles is 1. The van der Waals surface area contributed by atoms with Gasteiger partial charge < -0.3 is 15.2 Å². The highest BCUT2D eigenvalue weighted by molar-refractivity contribution is 5.50. The Balaban J connectivity index is 1.75. The number of aromatic nitrogens is 2. The Bertz CT molecular complexity index is 800. The zero-order valence-corrected chi connectivity index (χ0v) is 13.5. The Kier molecular flexibility index (Phi) is 3.57. The summed E-state index contributed by atoms with van der Waals surface area (Å²) in [6, 6.07) is 10.3. The van der Waals surface area contributed by atoms with Gasteiger partial charge >= 0.3 is 0 Å². The number of hydrogen-bond donors (Lipinski definition) is 1. The second-order valence-electron chi connectivity index (χ2n) is 6.44. The Morgan fingerprint density at radius 1 is 1.21 bits per heavy atom. The minimum Gasteiger partial charge on any atom is -0.454 e. The molecule has 1 saturated carbocycles. The highest BCUT2D eigenvalue weighted by atomic mass is 16.7. The Labute approximate surface area is 140 Å². The van der Waals surface area contributed by atoms with Crippen LogP contribution in [0, 0.1) is 11.3 Å². The number of benzene rings is 1. The summed E-state index contributed by atoms with van der Waals surface area (Å²) in [5.41, 5.74) is 8.19. The quantitative estimate of drug-likeness (QED) is 0.934. The third-order valence-corrected chi connectivity index (χ3v) is 5.12. The van der Waals surface area contributed by atoms with Crippen molar-refractivity contribution in [1.29, 1.82) is 5.26 Å². The van der Waals surface area contributed by atoms with Crippen molar-refractivity contribution >= 4 is 5.82 Å². The first-order valence-corrected chi connectivity index (χ1v) is 8.34. The second kappa shape index (κ2) is 5.75. The van der Waals surface area contributed by atoms with E-state index < -0.39 is 0 Å². The second-order valence-corrected chi connectivity index (χ2v) is 6.44. The van der Waals surface area contributed by atoms with Crippen LogP contribution in [0.15, 0.2) is 24.3 Å². The summed E-state index contributed by atoms with van der Waals surface area (Å²) in [7, 11) is 0. The summed E-state index contributed by atoms with van der Waals surface area (Å²) in [4.78, 5) is 0. The predicted molar refractivity (Wildman–Crippen MR) is 88.7 cm³/mol. The SMILES string of the molecule is N#CCCn1nc(C2(c3ccc4c(c3)OCO4)CCCC2)cc1N. The average molecular weight is 324 g/mol. The monoisotopic (exact) mass is 324 g/mol. The normalized spacial score (nSPS) is 17.8. The maximum absolute atomic E-state index is 8.80. The maximum atomic E-state index is 8.80. The van der Waals surface area contributed by atoms with E-state index in [9.17, 15) is 0 Å². The van der Waals surface area contributed by atoms with Crippen molar-refractivity contribution in [2.24, 2.45) is 0 Å². The van der Waals surface area contributed by atoms with E-state index in [0.29, 0.717) is 18.8 Å². The van der Waals surface area contributed by atoms with Gasteiger partial charge in [-0.25, -0.2) is 4.68 Å². The first-order valence-electron chi connectivity index (χ1n) is 8.34. The number of ether oxygens (including phenoxy) is 2. The Morgan fingerprint density at radius 2 is 2.00 bits per heavy atom. The van der Waals surface area contributed by atoms with Crippen molar-refractivity contribution < 1.29 is 9.47 Å². The minimum absolute atomic E-state index is 0.132. The lowest BCUT2D eigenvalue weighted by atomic mass is 9.76. The molecule has 2 aromatic rings. The highest BCUT2D eigenvalue weighted by Crippen LogP contribution is 2.48. The molecule has 0 bridgehead atoms. The van der Waals surface area contributed by atoms with E-state index in [2.05, 4.69) is 18.2 Å². The maximum Gasteiger partial charge on any atom is 0.231 e. The number of nitrogens with zero attached hydrogens (tertiary/aromatic N) is 3. The number of rotatable bonds is 4. The van der Waals surface area contributed by atoms with Crippen LogP contribution in [0.3, 0.4) is 0 Å². The van der Waals surface area contributed by atoms with Gasteiger partial charge in [-0.3, -0.25) is 0 Å². The fraction of sp³-hybridized carbons (Fsp3) is 0.444. The summed E-state index contributed by atoms with van der Waals surface area (Å²) in [6.07, 6.45) is 4.82. The van der Waals surface area contributed by atoms with Crippen LogP contribution < -0.4 is 15.2 Å². The van der Waals surface area contributed by atoms with Gasteiger partial charge in [0.25, 0.3) is 0 Å². The van der Waals surface area contributed by atoms with Crippen LogP contribution in [0.4, 0.5) is 5.82 Å². The molecule has 2 heterocycles. The van der Waals surface area contributed by atoms with Crippen molar-refractivity contribution in [2.45, 2.75) is 44.1 Å². The first kappa shape index (κ1) is 14.9. The molecule has 124 valence electrons. The van der Waals surface area contributed by atoms with Crippen LogP contribution >= 0.6 is 0 Å². The number of nitrogen functional groups attached to an aromatic ring is 1. The zero-order valence-electron chi connectivity index (χ0n) is 13.5. The molecule has 1 aliphatic carbocycles. The molecule has 0 radical (unpaired) electrons. The molecule has 24 heavy (non-hydrogen) atoms. The van der Waals surface area contributed by atoms with Crippen LogP contribution in [0.1, 0.15) is 43.4 Å². The van der Waals surface area contributed by atoms with Crippen molar-refractivity contribution in [3.8, 4) is 17.6 Å². The van der Waals surface area contributed by atoms with Crippen LogP contribution in [-0.2, 0) is 12.0 Å². The van der Waals surface area contributed by atoms with Gasteiger partial charge in [0.1, 0.15) is 5.82 Å². The number of hydrogen-bond acceptors (Lipinski definition) is 5.